The van der Waals surface area contributed by atoms with E-state index in [1.54, 1.807) is 19.1 Å². The second-order valence-corrected chi connectivity index (χ2v) is 6.91. The van der Waals surface area contributed by atoms with E-state index in [1.165, 1.54) is 10.5 Å². The first-order chi connectivity index (χ1) is 10.0. The first kappa shape index (κ1) is 17.3. The normalized spacial score (nSPS) is 19.5. The molecule has 2 aliphatic rings. The molecule has 0 amide bonds. The van der Waals surface area contributed by atoms with Crippen molar-refractivity contribution < 1.29 is 9.90 Å². The molecule has 118 valence electrons. The van der Waals surface area contributed by atoms with Gasteiger partial charge in [-0.2, -0.15) is 0 Å². The molecular formula is C16H17Cl2NO2S. The lowest BCUT2D eigenvalue weighted by atomic mass is 9.89. The first-order valence-corrected chi connectivity index (χ1v) is 8.18. The number of rotatable bonds is 3. The van der Waals surface area contributed by atoms with Gasteiger partial charge in [0.1, 0.15) is 0 Å². The van der Waals surface area contributed by atoms with Crippen LogP contribution in [-0.4, -0.2) is 28.3 Å². The van der Waals surface area contributed by atoms with Crippen LogP contribution in [-0.2, 0) is 10.3 Å². The maximum absolute atomic E-state index is 12.0. The molecule has 0 aliphatic carbocycles. The Morgan fingerprint density at radius 2 is 2.14 bits per heavy atom. The van der Waals surface area contributed by atoms with E-state index in [-0.39, 0.29) is 12.4 Å². The molecule has 2 heterocycles. The van der Waals surface area contributed by atoms with Crippen molar-refractivity contribution in [2.75, 3.05) is 12.3 Å². The Balaban J connectivity index is 0.00000176. The smallest absolute Gasteiger partial charge is 0.334 e. The second-order valence-electron chi connectivity index (χ2n) is 5.37. The fourth-order valence-electron chi connectivity index (χ4n) is 2.80. The molecule has 0 bridgehead atoms. The van der Waals surface area contributed by atoms with Gasteiger partial charge in [0.15, 0.2) is 5.54 Å². The fourth-order valence-corrected chi connectivity index (χ4v) is 4.22. The number of halogens is 2. The van der Waals surface area contributed by atoms with Gasteiger partial charge in [0.2, 0.25) is 0 Å². The third-order valence-corrected chi connectivity index (χ3v) is 5.64. The van der Waals surface area contributed by atoms with Crippen LogP contribution < -0.4 is 0 Å². The van der Waals surface area contributed by atoms with Gasteiger partial charge in [-0.1, -0.05) is 29.8 Å². The number of benzene rings is 1. The average molecular weight is 358 g/mol. The van der Waals surface area contributed by atoms with Crippen molar-refractivity contribution >= 4 is 41.7 Å². The van der Waals surface area contributed by atoms with E-state index in [1.807, 2.05) is 41.1 Å². The number of carboxylic acid groups (broad SMARTS) is 1. The third-order valence-electron chi connectivity index (χ3n) is 4.17. The molecule has 0 fully saturated rings. The van der Waals surface area contributed by atoms with Crippen LogP contribution in [0.1, 0.15) is 18.9 Å². The van der Waals surface area contributed by atoms with E-state index >= 15 is 0 Å². The highest BCUT2D eigenvalue weighted by atomic mass is 35.5. The van der Waals surface area contributed by atoms with E-state index < -0.39 is 11.5 Å². The van der Waals surface area contributed by atoms with E-state index in [0.717, 1.165) is 12.2 Å². The van der Waals surface area contributed by atoms with E-state index in [0.29, 0.717) is 17.1 Å². The summed E-state index contributed by atoms with van der Waals surface area (Å²) in [6, 6.07) is 7.17. The van der Waals surface area contributed by atoms with Gasteiger partial charge < -0.3 is 10.0 Å². The molecule has 3 rings (SSSR count). The lowest BCUT2D eigenvalue weighted by Crippen LogP contribution is -2.48. The van der Waals surface area contributed by atoms with Crippen LogP contribution in [0.3, 0.4) is 0 Å². The average Bonchev–Trinajstić information content (AvgIpc) is 2.94. The van der Waals surface area contributed by atoms with E-state index in [9.17, 15) is 9.90 Å². The zero-order valence-corrected chi connectivity index (χ0v) is 14.5. The maximum atomic E-state index is 12.0. The molecule has 1 aromatic rings. The Morgan fingerprint density at radius 3 is 2.82 bits per heavy atom. The molecule has 0 saturated heterocycles. The number of nitrogens with zero attached hydrogens (tertiary/aromatic N) is 1. The van der Waals surface area contributed by atoms with Crippen LogP contribution in [0.15, 0.2) is 47.0 Å². The topological polar surface area (TPSA) is 40.5 Å². The van der Waals surface area contributed by atoms with Gasteiger partial charge in [0, 0.05) is 34.0 Å². The van der Waals surface area contributed by atoms with Crippen molar-refractivity contribution in [1.82, 2.24) is 4.90 Å². The van der Waals surface area contributed by atoms with Gasteiger partial charge in [0.25, 0.3) is 0 Å². The summed E-state index contributed by atoms with van der Waals surface area (Å²) < 4.78 is 0. The Bertz CT molecular complexity index is 659. The molecule has 1 atom stereocenters. The lowest BCUT2D eigenvalue weighted by Gasteiger charge is -2.40. The molecule has 1 aromatic carbocycles. The summed E-state index contributed by atoms with van der Waals surface area (Å²) in [5.41, 5.74) is 0.779. The Kier molecular flexibility index (Phi) is 5.15. The SMILES string of the molecule is CC(C(=O)O)(c1ccccc1Cl)N1C=CC2=C(CCS2)C1.Cl. The summed E-state index contributed by atoms with van der Waals surface area (Å²) in [4.78, 5) is 15.2. The molecule has 1 N–H and O–H groups in total. The first-order valence-electron chi connectivity index (χ1n) is 6.81. The van der Waals surface area contributed by atoms with E-state index in [4.69, 9.17) is 11.6 Å². The van der Waals surface area contributed by atoms with Crippen LogP contribution in [0.2, 0.25) is 5.02 Å². The van der Waals surface area contributed by atoms with Crippen molar-refractivity contribution in [2.45, 2.75) is 18.9 Å². The number of hydrogen-bond acceptors (Lipinski definition) is 3. The molecule has 0 spiro atoms. The highest BCUT2D eigenvalue weighted by Gasteiger charge is 2.43. The summed E-state index contributed by atoms with van der Waals surface area (Å²) in [6.07, 6.45) is 4.93. The zero-order valence-electron chi connectivity index (χ0n) is 12.1. The predicted octanol–water partition coefficient (Wildman–Crippen LogP) is 4.28. The molecule has 0 radical (unpaired) electrons. The number of carbonyl (C=O) groups is 1. The summed E-state index contributed by atoms with van der Waals surface area (Å²) in [7, 11) is 0. The molecule has 0 saturated carbocycles. The van der Waals surface area contributed by atoms with Crippen LogP contribution >= 0.6 is 35.8 Å². The van der Waals surface area contributed by atoms with Gasteiger partial charge >= 0.3 is 5.97 Å². The standard InChI is InChI=1S/C16H16ClNO2S.ClH/c1-16(15(19)20,12-4-2-3-5-13(12)17)18-8-6-14-11(10-18)7-9-21-14;/h2-6,8H,7,9-10H2,1H3,(H,19,20);1H. The highest BCUT2D eigenvalue weighted by Crippen LogP contribution is 2.41. The van der Waals surface area contributed by atoms with Crippen LogP contribution in [0, 0.1) is 0 Å². The molecule has 0 aromatic heterocycles. The van der Waals surface area contributed by atoms with Crippen molar-refractivity contribution in [3.63, 3.8) is 0 Å². The lowest BCUT2D eigenvalue weighted by molar-refractivity contribution is -0.149. The summed E-state index contributed by atoms with van der Waals surface area (Å²) in [5.74, 6) is 0.189. The zero-order chi connectivity index (χ0) is 15.0. The molecule has 3 nitrogen and oxygen atoms in total. The predicted molar refractivity (Wildman–Crippen MR) is 93.6 cm³/mol. The molecule has 2 aliphatic heterocycles. The maximum Gasteiger partial charge on any atom is 0.334 e. The molecule has 6 heteroatoms. The van der Waals surface area contributed by atoms with Gasteiger partial charge in [-0.15, -0.1) is 24.2 Å². The summed E-state index contributed by atoms with van der Waals surface area (Å²) >= 11 is 8.09. The number of thioether (sulfide) groups is 1. The van der Waals surface area contributed by atoms with E-state index in [2.05, 4.69) is 0 Å². The number of carboxylic acids is 1. The van der Waals surface area contributed by atoms with Crippen LogP contribution in [0.4, 0.5) is 0 Å². The number of aliphatic carboxylic acids is 1. The van der Waals surface area contributed by atoms with Gasteiger partial charge in [-0.3, -0.25) is 0 Å². The van der Waals surface area contributed by atoms with Gasteiger partial charge in [0.05, 0.1) is 0 Å². The van der Waals surface area contributed by atoms with Crippen molar-refractivity contribution in [3.8, 4) is 0 Å². The highest BCUT2D eigenvalue weighted by molar-refractivity contribution is 8.03. The second kappa shape index (κ2) is 6.57. The molecular weight excluding hydrogens is 341 g/mol. The number of allylic oxidation sites excluding steroid dienone is 1. The summed E-state index contributed by atoms with van der Waals surface area (Å²) in [5, 5.41) is 10.3. The van der Waals surface area contributed by atoms with Gasteiger partial charge in [-0.05, 0) is 31.1 Å². The quantitative estimate of drug-likeness (QED) is 0.876. The Morgan fingerprint density at radius 1 is 1.41 bits per heavy atom. The monoisotopic (exact) mass is 357 g/mol. The minimum Gasteiger partial charge on any atom is -0.479 e. The molecule has 1 unspecified atom stereocenters. The largest absolute Gasteiger partial charge is 0.479 e. The van der Waals surface area contributed by atoms with Crippen molar-refractivity contribution in [2.24, 2.45) is 0 Å². The Labute approximate surface area is 145 Å². The van der Waals surface area contributed by atoms with Crippen molar-refractivity contribution in [1.29, 1.82) is 0 Å². The minimum atomic E-state index is -1.17. The third kappa shape index (κ3) is 2.75. The van der Waals surface area contributed by atoms with Gasteiger partial charge in [-0.25, -0.2) is 4.79 Å². The summed E-state index contributed by atoms with van der Waals surface area (Å²) in [6.45, 7) is 2.36. The van der Waals surface area contributed by atoms with Crippen LogP contribution in [0.25, 0.3) is 0 Å². The number of hydrogen-bond donors (Lipinski definition) is 1. The minimum absolute atomic E-state index is 0. The van der Waals surface area contributed by atoms with Crippen molar-refractivity contribution in [3.05, 3.63) is 57.6 Å². The van der Waals surface area contributed by atoms with Crippen LogP contribution in [0.5, 0.6) is 0 Å². The Hall–Kier alpha value is -1.10. The fraction of sp³-hybridized carbons (Fsp3) is 0.312. The molecule has 22 heavy (non-hydrogen) atoms.